The van der Waals surface area contributed by atoms with Crippen LogP contribution >= 0.6 is 11.6 Å². The molecular formula is C14H23ClO. The number of halogens is 1. The largest absolute Gasteiger partial charge is 0.281 e. The summed E-state index contributed by atoms with van der Waals surface area (Å²) in [6.07, 6.45) is 10.2. The van der Waals surface area contributed by atoms with Crippen molar-refractivity contribution in [3.05, 3.63) is 0 Å². The van der Waals surface area contributed by atoms with Crippen LogP contribution in [0.4, 0.5) is 0 Å². The van der Waals surface area contributed by atoms with Gasteiger partial charge in [0, 0.05) is 5.92 Å². The number of rotatable bonds is 2. The zero-order valence-corrected chi connectivity index (χ0v) is 11.0. The van der Waals surface area contributed by atoms with Crippen LogP contribution in [0.1, 0.15) is 58.3 Å². The van der Waals surface area contributed by atoms with Gasteiger partial charge in [0.1, 0.15) is 0 Å². The molecule has 0 saturated heterocycles. The zero-order chi connectivity index (χ0) is 11.5. The first-order valence-corrected chi connectivity index (χ1v) is 7.24. The highest BCUT2D eigenvalue weighted by Crippen LogP contribution is 2.41. The summed E-state index contributed by atoms with van der Waals surface area (Å²) < 4.78 is 0. The molecule has 2 fully saturated rings. The highest BCUT2D eigenvalue weighted by atomic mass is 35.5. The minimum Gasteiger partial charge on any atom is -0.281 e. The van der Waals surface area contributed by atoms with Gasteiger partial charge in [0.2, 0.25) is 5.24 Å². The van der Waals surface area contributed by atoms with Crippen LogP contribution in [0.5, 0.6) is 0 Å². The summed E-state index contributed by atoms with van der Waals surface area (Å²) in [5, 5.41) is -0.101. The summed E-state index contributed by atoms with van der Waals surface area (Å²) in [5.74, 6) is 2.94. The van der Waals surface area contributed by atoms with Crippen molar-refractivity contribution in [3.8, 4) is 0 Å². The molecule has 2 aliphatic rings. The summed E-state index contributed by atoms with van der Waals surface area (Å²) in [6.45, 7) is 2.37. The van der Waals surface area contributed by atoms with Crippen molar-refractivity contribution in [1.82, 2.24) is 0 Å². The predicted molar refractivity (Wildman–Crippen MR) is 67.4 cm³/mol. The Bertz CT molecular complexity index is 235. The number of hydrogen-bond acceptors (Lipinski definition) is 1. The molecule has 0 radical (unpaired) electrons. The van der Waals surface area contributed by atoms with Crippen LogP contribution in [0.15, 0.2) is 0 Å². The minimum absolute atomic E-state index is 0.101. The first-order chi connectivity index (χ1) is 7.66. The van der Waals surface area contributed by atoms with Crippen LogP contribution in [0.2, 0.25) is 0 Å². The Morgan fingerprint density at radius 2 is 1.31 bits per heavy atom. The minimum atomic E-state index is -0.101. The van der Waals surface area contributed by atoms with E-state index in [9.17, 15) is 4.79 Å². The van der Waals surface area contributed by atoms with E-state index in [0.29, 0.717) is 0 Å². The van der Waals surface area contributed by atoms with E-state index in [4.69, 9.17) is 11.6 Å². The molecule has 2 saturated carbocycles. The first-order valence-electron chi connectivity index (χ1n) is 6.86. The summed E-state index contributed by atoms with van der Waals surface area (Å²) in [6, 6.07) is 0. The SMILES string of the molecule is CC1CCC(C2CCC(C(=O)Cl)CC2)CC1. The van der Waals surface area contributed by atoms with Gasteiger partial charge >= 0.3 is 0 Å². The average Bonchev–Trinajstić information content (AvgIpc) is 2.30. The van der Waals surface area contributed by atoms with Gasteiger partial charge in [-0.15, -0.1) is 0 Å². The molecular weight excluding hydrogens is 220 g/mol. The average molecular weight is 243 g/mol. The van der Waals surface area contributed by atoms with Crippen LogP contribution in [0.3, 0.4) is 0 Å². The molecule has 0 spiro atoms. The van der Waals surface area contributed by atoms with Gasteiger partial charge in [0.05, 0.1) is 0 Å². The number of hydrogen-bond donors (Lipinski definition) is 0. The van der Waals surface area contributed by atoms with E-state index in [2.05, 4.69) is 6.92 Å². The first kappa shape index (κ1) is 12.4. The molecule has 2 aliphatic carbocycles. The lowest BCUT2D eigenvalue weighted by atomic mass is 9.69. The summed E-state index contributed by atoms with van der Waals surface area (Å²) >= 11 is 5.57. The van der Waals surface area contributed by atoms with Crippen molar-refractivity contribution in [2.24, 2.45) is 23.7 Å². The second-order valence-electron chi connectivity index (χ2n) is 5.94. The fraction of sp³-hybridized carbons (Fsp3) is 0.929. The van der Waals surface area contributed by atoms with Gasteiger partial charge in [-0.25, -0.2) is 0 Å². The molecule has 0 unspecified atom stereocenters. The third-order valence-electron chi connectivity index (χ3n) is 4.82. The van der Waals surface area contributed by atoms with Gasteiger partial charge < -0.3 is 0 Å². The molecule has 0 aromatic carbocycles. The lowest BCUT2D eigenvalue weighted by Gasteiger charge is -2.36. The van der Waals surface area contributed by atoms with Gasteiger partial charge in [0.15, 0.2) is 0 Å². The van der Waals surface area contributed by atoms with Crippen LogP contribution < -0.4 is 0 Å². The molecule has 0 atom stereocenters. The lowest BCUT2D eigenvalue weighted by Crippen LogP contribution is -2.26. The summed E-state index contributed by atoms with van der Waals surface area (Å²) in [5.41, 5.74) is 0. The van der Waals surface area contributed by atoms with Crippen molar-refractivity contribution < 1.29 is 4.79 Å². The lowest BCUT2D eigenvalue weighted by molar-refractivity contribution is -0.116. The van der Waals surface area contributed by atoms with Crippen molar-refractivity contribution in [1.29, 1.82) is 0 Å². The van der Waals surface area contributed by atoms with Crippen molar-refractivity contribution in [3.63, 3.8) is 0 Å². The van der Waals surface area contributed by atoms with E-state index >= 15 is 0 Å². The topological polar surface area (TPSA) is 17.1 Å². The van der Waals surface area contributed by atoms with Crippen LogP contribution in [-0.4, -0.2) is 5.24 Å². The van der Waals surface area contributed by atoms with Crippen molar-refractivity contribution in [2.45, 2.75) is 58.3 Å². The van der Waals surface area contributed by atoms with E-state index < -0.39 is 0 Å². The fourth-order valence-electron chi connectivity index (χ4n) is 3.57. The number of carbonyl (C=O) groups is 1. The van der Waals surface area contributed by atoms with Gasteiger partial charge in [-0.3, -0.25) is 4.79 Å². The van der Waals surface area contributed by atoms with Gasteiger partial charge in [-0.1, -0.05) is 19.8 Å². The van der Waals surface area contributed by atoms with Crippen molar-refractivity contribution in [2.75, 3.05) is 0 Å². The highest BCUT2D eigenvalue weighted by molar-refractivity contribution is 6.63. The summed E-state index contributed by atoms with van der Waals surface area (Å²) in [7, 11) is 0. The Balaban J connectivity index is 1.78. The predicted octanol–water partition coefficient (Wildman–Crippen LogP) is 4.38. The van der Waals surface area contributed by atoms with Crippen LogP contribution in [-0.2, 0) is 4.79 Å². The molecule has 0 aliphatic heterocycles. The Morgan fingerprint density at radius 3 is 1.75 bits per heavy atom. The molecule has 92 valence electrons. The fourth-order valence-corrected chi connectivity index (χ4v) is 3.79. The number of carbonyl (C=O) groups excluding carboxylic acids is 1. The maximum Gasteiger partial charge on any atom is 0.224 e. The van der Waals surface area contributed by atoms with E-state index in [-0.39, 0.29) is 11.2 Å². The van der Waals surface area contributed by atoms with E-state index in [1.54, 1.807) is 0 Å². The Labute approximate surface area is 104 Å². The Morgan fingerprint density at radius 1 is 0.875 bits per heavy atom. The molecule has 2 rings (SSSR count). The normalized spacial score (nSPS) is 40.6. The molecule has 0 N–H and O–H groups in total. The second-order valence-corrected chi connectivity index (χ2v) is 6.31. The molecule has 0 heterocycles. The highest BCUT2D eigenvalue weighted by Gasteiger charge is 2.31. The van der Waals surface area contributed by atoms with Crippen LogP contribution in [0.25, 0.3) is 0 Å². The van der Waals surface area contributed by atoms with Crippen molar-refractivity contribution >= 4 is 16.8 Å². The third kappa shape index (κ3) is 3.00. The van der Waals surface area contributed by atoms with Gasteiger partial charge in [-0.05, 0) is 67.9 Å². The quantitative estimate of drug-likeness (QED) is 0.657. The molecule has 0 aromatic heterocycles. The second kappa shape index (κ2) is 5.53. The van der Waals surface area contributed by atoms with E-state index in [1.165, 1.54) is 38.5 Å². The standard InChI is InChI=1S/C14H23ClO/c1-10-2-4-11(5-3-10)12-6-8-13(9-7-12)14(15)16/h10-13H,2-9H2,1H3. The summed E-state index contributed by atoms with van der Waals surface area (Å²) in [4.78, 5) is 11.1. The van der Waals surface area contributed by atoms with Crippen LogP contribution in [0, 0.1) is 23.7 Å². The van der Waals surface area contributed by atoms with E-state index in [1.807, 2.05) is 0 Å². The molecule has 0 aromatic rings. The molecule has 0 bridgehead atoms. The maximum absolute atomic E-state index is 11.1. The monoisotopic (exact) mass is 242 g/mol. The smallest absolute Gasteiger partial charge is 0.224 e. The third-order valence-corrected chi connectivity index (χ3v) is 5.13. The molecule has 2 heteroatoms. The van der Waals surface area contributed by atoms with Gasteiger partial charge in [0.25, 0.3) is 0 Å². The zero-order valence-electron chi connectivity index (χ0n) is 10.3. The van der Waals surface area contributed by atoms with E-state index in [0.717, 1.165) is 30.6 Å². The maximum atomic E-state index is 11.1. The molecule has 16 heavy (non-hydrogen) atoms. The molecule has 1 nitrogen and oxygen atoms in total. The van der Waals surface area contributed by atoms with Gasteiger partial charge in [-0.2, -0.15) is 0 Å². The Kier molecular flexibility index (Phi) is 4.29. The molecule has 0 amide bonds. The Hall–Kier alpha value is -0.0400.